The van der Waals surface area contributed by atoms with E-state index >= 15 is 0 Å². The van der Waals surface area contributed by atoms with Gasteiger partial charge in [0.05, 0.1) is 23.3 Å². The quantitative estimate of drug-likeness (QED) is 0.477. The molecule has 3 aromatic carbocycles. The molecule has 5 rings (SSSR count). The van der Waals surface area contributed by atoms with Crippen LogP contribution in [0.1, 0.15) is 25.0 Å². The standard InChI is InChI=1S/C25H28N2P2S2/c1-6-26(7-2)29(31)22-10-8-9-21-25(22)27(20-14-12-18(4)16-24(20)29)19-13-11-17(3)15-23(19)28(21,5)30/h8-16H,6-7H2,1-5H3. The number of benzene rings is 3. The third-order valence-corrected chi connectivity index (χ3v) is 15.7. The summed E-state index contributed by atoms with van der Waals surface area (Å²) < 4.78 is 2.53. The monoisotopic (exact) mass is 482 g/mol. The van der Waals surface area contributed by atoms with Crippen LogP contribution in [0, 0.1) is 13.8 Å². The maximum atomic E-state index is 6.71. The molecule has 2 aliphatic heterocycles. The summed E-state index contributed by atoms with van der Waals surface area (Å²) in [7, 11) is 0. The summed E-state index contributed by atoms with van der Waals surface area (Å²) in [6.07, 6.45) is -2.16. The second-order valence-electron chi connectivity index (χ2n) is 8.60. The normalized spacial score (nSPS) is 23.4. The molecular formula is C25H28N2P2S2. The maximum Gasteiger partial charge on any atom is 0.0751 e. The Hall–Kier alpha value is -1.28. The third kappa shape index (κ3) is 2.86. The number of para-hydroxylation sites is 1. The smallest absolute Gasteiger partial charge is 0.0751 e. The molecule has 2 atom stereocenters. The predicted molar refractivity (Wildman–Crippen MR) is 147 cm³/mol. The molecule has 3 aromatic rings. The summed E-state index contributed by atoms with van der Waals surface area (Å²) in [5, 5.41) is 5.25. The molecule has 2 unspecified atom stereocenters. The van der Waals surface area contributed by atoms with Gasteiger partial charge in [-0.25, -0.2) is 0 Å². The minimum Gasteiger partial charge on any atom is -0.308 e. The van der Waals surface area contributed by atoms with Gasteiger partial charge in [0.15, 0.2) is 0 Å². The fourth-order valence-corrected chi connectivity index (χ4v) is 13.3. The molecule has 0 spiro atoms. The van der Waals surface area contributed by atoms with Gasteiger partial charge in [0, 0.05) is 40.3 Å². The molecule has 0 amide bonds. The number of hydrogen-bond acceptors (Lipinski definition) is 3. The molecule has 2 nitrogen and oxygen atoms in total. The summed E-state index contributed by atoms with van der Waals surface area (Å²) in [5.41, 5.74) is 6.28. The summed E-state index contributed by atoms with van der Waals surface area (Å²) in [6, 6.07) is 18.5. The summed E-state index contributed by atoms with van der Waals surface area (Å²) >= 11 is 13.1. The van der Waals surface area contributed by atoms with E-state index in [2.05, 4.69) is 98.5 Å². The molecule has 0 aliphatic carbocycles. The second-order valence-corrected chi connectivity index (χ2v) is 17.9. The van der Waals surface area contributed by atoms with Crippen molar-refractivity contribution in [3.63, 3.8) is 0 Å². The van der Waals surface area contributed by atoms with Gasteiger partial charge in [-0.1, -0.05) is 78.9 Å². The van der Waals surface area contributed by atoms with Gasteiger partial charge in [-0.05, 0) is 44.8 Å². The Morgan fingerprint density at radius 2 is 1.32 bits per heavy atom. The molecule has 0 saturated heterocycles. The van der Waals surface area contributed by atoms with Crippen molar-refractivity contribution in [2.24, 2.45) is 0 Å². The zero-order valence-electron chi connectivity index (χ0n) is 18.7. The van der Waals surface area contributed by atoms with Crippen molar-refractivity contribution in [2.75, 3.05) is 24.7 Å². The highest BCUT2D eigenvalue weighted by molar-refractivity contribution is 8.22. The number of fused-ring (bicyclic) bond motifs is 4. The first-order valence-electron chi connectivity index (χ1n) is 10.8. The van der Waals surface area contributed by atoms with Crippen molar-refractivity contribution in [2.45, 2.75) is 27.7 Å². The van der Waals surface area contributed by atoms with E-state index in [0.717, 1.165) is 13.1 Å². The number of aryl methyl sites for hydroxylation is 2. The molecule has 31 heavy (non-hydrogen) atoms. The van der Waals surface area contributed by atoms with Crippen molar-refractivity contribution < 1.29 is 0 Å². The highest BCUT2D eigenvalue weighted by Gasteiger charge is 2.45. The fourth-order valence-electron chi connectivity index (χ4n) is 5.12. The molecule has 160 valence electrons. The highest BCUT2D eigenvalue weighted by atomic mass is 32.4. The Kier molecular flexibility index (Phi) is 5.13. The van der Waals surface area contributed by atoms with Gasteiger partial charge in [-0.15, -0.1) is 0 Å². The largest absolute Gasteiger partial charge is 0.308 e. The average Bonchev–Trinajstić information content (AvgIpc) is 2.75. The summed E-state index contributed by atoms with van der Waals surface area (Å²) in [6.45, 7) is 13.0. The lowest BCUT2D eigenvalue weighted by Gasteiger charge is -2.48. The van der Waals surface area contributed by atoms with Crippen LogP contribution in [0.2, 0.25) is 0 Å². The van der Waals surface area contributed by atoms with Gasteiger partial charge in [0.2, 0.25) is 0 Å². The van der Waals surface area contributed by atoms with Crippen LogP contribution in [-0.4, -0.2) is 24.4 Å². The van der Waals surface area contributed by atoms with E-state index in [4.69, 9.17) is 23.6 Å². The Balaban J connectivity index is 1.97. The van der Waals surface area contributed by atoms with Crippen molar-refractivity contribution in [3.8, 4) is 0 Å². The molecule has 0 fully saturated rings. The summed E-state index contributed by atoms with van der Waals surface area (Å²) in [4.78, 5) is 2.47. The van der Waals surface area contributed by atoms with Gasteiger partial charge < -0.3 is 4.90 Å². The fraction of sp³-hybridized carbons (Fsp3) is 0.280. The van der Waals surface area contributed by atoms with Crippen LogP contribution in [0.25, 0.3) is 0 Å². The Bertz CT molecular complexity index is 1330. The van der Waals surface area contributed by atoms with Crippen LogP contribution >= 0.6 is 12.2 Å². The topological polar surface area (TPSA) is 6.48 Å². The number of nitrogens with zero attached hydrogens (tertiary/aromatic N) is 2. The minimum atomic E-state index is -2.16. The van der Waals surface area contributed by atoms with Crippen LogP contribution in [0.3, 0.4) is 0 Å². The number of hydrogen-bond donors (Lipinski definition) is 0. The SMILES string of the molecule is CCN(CC)P1(=S)c2cc(C)ccc2N2c3ccc(C)cc3P(C)(=S)c3cccc1c32. The number of rotatable bonds is 3. The Morgan fingerprint density at radius 3 is 1.94 bits per heavy atom. The Morgan fingerprint density at radius 1 is 0.774 bits per heavy atom. The average molecular weight is 483 g/mol. The van der Waals surface area contributed by atoms with Crippen molar-refractivity contribution in [3.05, 3.63) is 65.7 Å². The van der Waals surface area contributed by atoms with Crippen LogP contribution in [0.15, 0.2) is 54.6 Å². The van der Waals surface area contributed by atoms with Gasteiger partial charge in [-0.3, -0.25) is 4.67 Å². The van der Waals surface area contributed by atoms with E-state index in [1.165, 1.54) is 49.4 Å². The molecular weight excluding hydrogens is 454 g/mol. The van der Waals surface area contributed by atoms with Gasteiger partial charge >= 0.3 is 0 Å². The van der Waals surface area contributed by atoms with Gasteiger partial charge in [0.1, 0.15) is 0 Å². The molecule has 6 heteroatoms. The lowest BCUT2D eigenvalue weighted by atomic mass is 10.1. The van der Waals surface area contributed by atoms with Gasteiger partial charge in [-0.2, -0.15) is 0 Å². The van der Waals surface area contributed by atoms with Gasteiger partial charge in [0.25, 0.3) is 0 Å². The third-order valence-electron chi connectivity index (χ3n) is 6.66. The first kappa shape index (κ1) is 21.6. The minimum absolute atomic E-state index is 0.945. The molecule has 2 heterocycles. The molecule has 2 aliphatic rings. The number of anilines is 3. The predicted octanol–water partition coefficient (Wildman–Crippen LogP) is 5.15. The maximum absolute atomic E-state index is 6.71. The van der Waals surface area contributed by atoms with E-state index in [1.807, 2.05) is 0 Å². The lowest BCUT2D eigenvalue weighted by Crippen LogP contribution is -2.45. The molecule has 0 radical (unpaired) electrons. The molecule has 0 N–H and O–H groups in total. The zero-order valence-corrected chi connectivity index (χ0v) is 22.1. The van der Waals surface area contributed by atoms with E-state index in [0.29, 0.717) is 0 Å². The summed E-state index contributed by atoms with van der Waals surface area (Å²) in [5.74, 6) is 0. The highest BCUT2D eigenvalue weighted by Crippen LogP contribution is 2.61. The zero-order chi connectivity index (χ0) is 22.1. The van der Waals surface area contributed by atoms with Crippen molar-refractivity contribution in [1.82, 2.24) is 4.67 Å². The molecule has 0 bridgehead atoms. The van der Waals surface area contributed by atoms with Crippen LogP contribution < -0.4 is 26.1 Å². The molecule has 0 saturated carbocycles. The van der Waals surface area contributed by atoms with E-state index in [1.54, 1.807) is 0 Å². The van der Waals surface area contributed by atoms with E-state index < -0.39 is 12.2 Å². The van der Waals surface area contributed by atoms with Crippen LogP contribution in [0.5, 0.6) is 0 Å². The Labute approximate surface area is 196 Å². The lowest BCUT2D eigenvalue weighted by molar-refractivity contribution is 0.513. The van der Waals surface area contributed by atoms with E-state index in [9.17, 15) is 0 Å². The first-order chi connectivity index (χ1) is 14.7. The van der Waals surface area contributed by atoms with Crippen LogP contribution in [0.4, 0.5) is 17.1 Å². The van der Waals surface area contributed by atoms with Crippen molar-refractivity contribution in [1.29, 1.82) is 0 Å². The second kappa shape index (κ2) is 7.37. The van der Waals surface area contributed by atoms with Crippen LogP contribution in [-0.2, 0) is 23.6 Å². The first-order valence-corrected chi connectivity index (χ1v) is 16.8. The van der Waals surface area contributed by atoms with Crippen molar-refractivity contribution >= 4 is 74.1 Å². The van der Waals surface area contributed by atoms with E-state index in [-0.39, 0.29) is 0 Å². The molecule has 0 aromatic heterocycles.